The van der Waals surface area contributed by atoms with Crippen molar-refractivity contribution in [3.63, 3.8) is 0 Å². The molecule has 88 valence electrons. The van der Waals surface area contributed by atoms with Gasteiger partial charge in [0, 0.05) is 29.2 Å². The van der Waals surface area contributed by atoms with Crippen molar-refractivity contribution in [2.24, 2.45) is 5.92 Å². The van der Waals surface area contributed by atoms with Crippen molar-refractivity contribution >= 4 is 21.7 Å². The fraction of sp³-hybridized carbons (Fsp3) is 0.583. The van der Waals surface area contributed by atoms with Crippen LogP contribution in [0.2, 0.25) is 0 Å². The molecule has 1 aliphatic heterocycles. The fourth-order valence-electron chi connectivity index (χ4n) is 1.92. The predicted octanol–water partition coefficient (Wildman–Crippen LogP) is 2.99. The number of hydrogen-bond acceptors (Lipinski definition) is 3. The number of halogens is 1. The number of anilines is 1. The van der Waals surface area contributed by atoms with Gasteiger partial charge < -0.3 is 10.1 Å². The zero-order valence-corrected chi connectivity index (χ0v) is 11.3. The molecule has 16 heavy (non-hydrogen) atoms. The second-order valence-corrected chi connectivity index (χ2v) is 5.23. The summed E-state index contributed by atoms with van der Waals surface area (Å²) in [6, 6.07) is 2.48. The van der Waals surface area contributed by atoms with Gasteiger partial charge in [-0.15, -0.1) is 0 Å². The van der Waals surface area contributed by atoms with Crippen molar-refractivity contribution < 1.29 is 4.74 Å². The van der Waals surface area contributed by atoms with Gasteiger partial charge >= 0.3 is 0 Å². The van der Waals surface area contributed by atoms with Crippen molar-refractivity contribution in [2.45, 2.75) is 26.3 Å². The summed E-state index contributed by atoms with van der Waals surface area (Å²) in [6.07, 6.45) is 2.99. The van der Waals surface area contributed by atoms with Crippen LogP contribution in [0.3, 0.4) is 0 Å². The second kappa shape index (κ2) is 5.15. The van der Waals surface area contributed by atoms with Crippen LogP contribution in [0.25, 0.3) is 0 Å². The van der Waals surface area contributed by atoms with Crippen LogP contribution in [0.4, 0.5) is 5.82 Å². The molecular formula is C12H17BrN2O. The quantitative estimate of drug-likeness (QED) is 0.927. The highest BCUT2D eigenvalue weighted by atomic mass is 79.9. The standard InChI is InChI=1S/C12H17BrN2O/c1-8-5-12(14-6-11(8)13)15-9(2)10-3-4-16-7-10/h5-6,9-10H,3-4,7H2,1-2H3,(H,14,15). The van der Waals surface area contributed by atoms with Crippen LogP contribution < -0.4 is 5.32 Å². The first-order valence-electron chi connectivity index (χ1n) is 5.63. The lowest BCUT2D eigenvalue weighted by Crippen LogP contribution is -2.26. The van der Waals surface area contributed by atoms with Crippen LogP contribution in [0.5, 0.6) is 0 Å². The molecule has 0 bridgehead atoms. The molecule has 0 aromatic carbocycles. The van der Waals surface area contributed by atoms with E-state index in [1.54, 1.807) is 0 Å². The van der Waals surface area contributed by atoms with Gasteiger partial charge in [0.1, 0.15) is 5.82 Å². The van der Waals surface area contributed by atoms with E-state index in [9.17, 15) is 0 Å². The van der Waals surface area contributed by atoms with E-state index in [4.69, 9.17) is 4.74 Å². The lowest BCUT2D eigenvalue weighted by atomic mass is 10.0. The first-order chi connectivity index (χ1) is 7.66. The second-order valence-electron chi connectivity index (χ2n) is 4.38. The average Bonchev–Trinajstić information content (AvgIpc) is 2.77. The Kier molecular flexibility index (Phi) is 3.82. The number of rotatable bonds is 3. The average molecular weight is 285 g/mol. The van der Waals surface area contributed by atoms with E-state index in [1.807, 2.05) is 6.20 Å². The molecule has 0 radical (unpaired) electrons. The Labute approximate surface area is 105 Å². The minimum Gasteiger partial charge on any atom is -0.381 e. The molecule has 1 aromatic rings. The third kappa shape index (κ3) is 2.74. The largest absolute Gasteiger partial charge is 0.381 e. The molecular weight excluding hydrogens is 268 g/mol. The van der Waals surface area contributed by atoms with Crippen LogP contribution in [0.15, 0.2) is 16.7 Å². The Hall–Kier alpha value is -0.610. The normalized spacial score (nSPS) is 22.1. The summed E-state index contributed by atoms with van der Waals surface area (Å²) in [4.78, 5) is 4.35. The number of ether oxygens (including phenoxy) is 1. The van der Waals surface area contributed by atoms with Crippen molar-refractivity contribution in [3.05, 3.63) is 22.3 Å². The van der Waals surface area contributed by atoms with Crippen LogP contribution in [0, 0.1) is 12.8 Å². The van der Waals surface area contributed by atoms with Crippen molar-refractivity contribution in [1.82, 2.24) is 4.98 Å². The minimum atomic E-state index is 0.413. The lowest BCUT2D eigenvalue weighted by Gasteiger charge is -2.20. The number of pyridine rings is 1. The number of aryl methyl sites for hydroxylation is 1. The van der Waals surface area contributed by atoms with Crippen LogP contribution in [-0.2, 0) is 4.74 Å². The Morgan fingerprint density at radius 2 is 2.44 bits per heavy atom. The summed E-state index contributed by atoms with van der Waals surface area (Å²) in [5.41, 5.74) is 1.20. The van der Waals surface area contributed by atoms with Gasteiger partial charge in [-0.3, -0.25) is 0 Å². The molecule has 2 atom stereocenters. The van der Waals surface area contributed by atoms with Gasteiger partial charge in [-0.2, -0.15) is 0 Å². The predicted molar refractivity (Wildman–Crippen MR) is 68.7 cm³/mol. The smallest absolute Gasteiger partial charge is 0.126 e. The van der Waals surface area contributed by atoms with E-state index in [-0.39, 0.29) is 0 Å². The summed E-state index contributed by atoms with van der Waals surface area (Å²) < 4.78 is 6.44. The van der Waals surface area contributed by atoms with E-state index in [2.05, 4.69) is 46.1 Å². The van der Waals surface area contributed by atoms with E-state index in [1.165, 1.54) is 5.56 Å². The Bertz CT molecular complexity index is 364. The first-order valence-corrected chi connectivity index (χ1v) is 6.42. The van der Waals surface area contributed by atoms with E-state index in [0.717, 1.165) is 29.9 Å². The summed E-state index contributed by atoms with van der Waals surface area (Å²) >= 11 is 3.45. The summed E-state index contributed by atoms with van der Waals surface area (Å²) in [5.74, 6) is 1.55. The van der Waals surface area contributed by atoms with Crippen molar-refractivity contribution in [2.75, 3.05) is 18.5 Å². The highest BCUT2D eigenvalue weighted by Crippen LogP contribution is 2.21. The van der Waals surface area contributed by atoms with E-state index in [0.29, 0.717) is 12.0 Å². The van der Waals surface area contributed by atoms with Crippen molar-refractivity contribution in [1.29, 1.82) is 0 Å². The maximum atomic E-state index is 5.39. The maximum absolute atomic E-state index is 5.39. The number of hydrogen-bond donors (Lipinski definition) is 1. The van der Waals surface area contributed by atoms with Gasteiger partial charge in [0.05, 0.1) is 6.61 Å². The highest BCUT2D eigenvalue weighted by Gasteiger charge is 2.22. The molecule has 3 nitrogen and oxygen atoms in total. The molecule has 4 heteroatoms. The maximum Gasteiger partial charge on any atom is 0.126 e. The summed E-state index contributed by atoms with van der Waals surface area (Å²) in [5, 5.41) is 3.44. The monoisotopic (exact) mass is 284 g/mol. The molecule has 2 heterocycles. The molecule has 1 N–H and O–H groups in total. The molecule has 1 aromatic heterocycles. The van der Waals surface area contributed by atoms with E-state index >= 15 is 0 Å². The molecule has 1 fully saturated rings. The molecule has 0 aliphatic carbocycles. The third-order valence-electron chi connectivity index (χ3n) is 3.09. The van der Waals surface area contributed by atoms with Gasteiger partial charge in [-0.1, -0.05) is 0 Å². The molecule has 1 aliphatic rings. The Morgan fingerprint density at radius 1 is 1.62 bits per heavy atom. The topological polar surface area (TPSA) is 34.1 Å². The minimum absolute atomic E-state index is 0.413. The summed E-state index contributed by atoms with van der Waals surface area (Å²) in [7, 11) is 0. The van der Waals surface area contributed by atoms with Crippen molar-refractivity contribution in [3.8, 4) is 0 Å². The Morgan fingerprint density at radius 3 is 3.06 bits per heavy atom. The number of nitrogens with zero attached hydrogens (tertiary/aromatic N) is 1. The number of aromatic nitrogens is 1. The van der Waals surface area contributed by atoms with Gasteiger partial charge in [-0.05, 0) is 47.8 Å². The van der Waals surface area contributed by atoms with Gasteiger partial charge in [-0.25, -0.2) is 4.98 Å². The van der Waals surface area contributed by atoms with Crippen LogP contribution in [0.1, 0.15) is 18.9 Å². The van der Waals surface area contributed by atoms with Gasteiger partial charge in [0.15, 0.2) is 0 Å². The SMILES string of the molecule is Cc1cc(NC(C)C2CCOC2)ncc1Br. The first kappa shape index (κ1) is 11.9. The molecule has 0 amide bonds. The molecule has 2 unspecified atom stereocenters. The third-order valence-corrected chi connectivity index (χ3v) is 3.92. The zero-order valence-electron chi connectivity index (χ0n) is 9.66. The number of nitrogens with one attached hydrogen (secondary N) is 1. The highest BCUT2D eigenvalue weighted by molar-refractivity contribution is 9.10. The summed E-state index contributed by atoms with van der Waals surface area (Å²) in [6.45, 7) is 6.02. The molecule has 0 spiro atoms. The lowest BCUT2D eigenvalue weighted by molar-refractivity contribution is 0.183. The zero-order chi connectivity index (χ0) is 11.5. The van der Waals surface area contributed by atoms with Gasteiger partial charge in [0.25, 0.3) is 0 Å². The van der Waals surface area contributed by atoms with Crippen LogP contribution in [-0.4, -0.2) is 24.2 Å². The van der Waals surface area contributed by atoms with Crippen LogP contribution >= 0.6 is 15.9 Å². The van der Waals surface area contributed by atoms with E-state index < -0.39 is 0 Å². The fourth-order valence-corrected chi connectivity index (χ4v) is 2.13. The molecule has 1 saturated heterocycles. The van der Waals surface area contributed by atoms with Gasteiger partial charge in [0.2, 0.25) is 0 Å². The molecule has 0 saturated carbocycles. The molecule has 2 rings (SSSR count). The Balaban J connectivity index is 1.99.